The van der Waals surface area contributed by atoms with Crippen LogP contribution in [0.4, 0.5) is 10.1 Å². The average molecular weight is 407 g/mol. The van der Waals surface area contributed by atoms with Crippen LogP contribution in [0, 0.1) is 5.82 Å². The Bertz CT molecular complexity index is 981. The first-order valence-corrected chi connectivity index (χ1v) is 10.2. The SMILES string of the molecule is CN(Cc1ccccc1)C(=O)c1ccc(CN2CCN(c3ccccc3F)CC2)o1. The Kier molecular flexibility index (Phi) is 6.14. The molecule has 0 radical (unpaired) electrons. The van der Waals surface area contributed by atoms with Gasteiger partial charge in [-0.1, -0.05) is 42.5 Å². The molecule has 30 heavy (non-hydrogen) atoms. The van der Waals surface area contributed by atoms with Crippen molar-refractivity contribution < 1.29 is 13.6 Å². The van der Waals surface area contributed by atoms with Crippen LogP contribution in [0.1, 0.15) is 21.9 Å². The fourth-order valence-electron chi connectivity index (χ4n) is 3.77. The molecule has 156 valence electrons. The second-order valence-corrected chi connectivity index (χ2v) is 7.63. The quantitative estimate of drug-likeness (QED) is 0.619. The minimum absolute atomic E-state index is 0.130. The van der Waals surface area contributed by atoms with Gasteiger partial charge in [0.15, 0.2) is 5.76 Å². The van der Waals surface area contributed by atoms with Crippen LogP contribution in [-0.4, -0.2) is 48.9 Å². The number of hydrogen-bond donors (Lipinski definition) is 0. The molecule has 1 aliphatic heterocycles. The van der Waals surface area contributed by atoms with E-state index in [9.17, 15) is 9.18 Å². The van der Waals surface area contributed by atoms with E-state index >= 15 is 0 Å². The van der Waals surface area contributed by atoms with Crippen LogP contribution in [0.15, 0.2) is 71.1 Å². The van der Waals surface area contributed by atoms with Gasteiger partial charge in [-0.25, -0.2) is 4.39 Å². The van der Waals surface area contributed by atoms with Crippen molar-refractivity contribution in [2.45, 2.75) is 13.1 Å². The normalized spacial score (nSPS) is 14.7. The van der Waals surface area contributed by atoms with Crippen LogP contribution in [-0.2, 0) is 13.1 Å². The van der Waals surface area contributed by atoms with Gasteiger partial charge in [-0.15, -0.1) is 0 Å². The van der Waals surface area contributed by atoms with Crippen LogP contribution in [0.3, 0.4) is 0 Å². The van der Waals surface area contributed by atoms with Gasteiger partial charge in [0.2, 0.25) is 0 Å². The van der Waals surface area contributed by atoms with Gasteiger partial charge in [0, 0.05) is 39.8 Å². The summed E-state index contributed by atoms with van der Waals surface area (Å²) in [6.07, 6.45) is 0. The zero-order valence-electron chi connectivity index (χ0n) is 17.1. The highest BCUT2D eigenvalue weighted by Crippen LogP contribution is 2.21. The van der Waals surface area contributed by atoms with E-state index in [0.29, 0.717) is 24.5 Å². The number of hydrogen-bond acceptors (Lipinski definition) is 4. The van der Waals surface area contributed by atoms with E-state index < -0.39 is 0 Å². The molecule has 1 amide bonds. The lowest BCUT2D eigenvalue weighted by atomic mass is 10.2. The third kappa shape index (κ3) is 4.71. The lowest BCUT2D eigenvalue weighted by molar-refractivity contribution is 0.0749. The second kappa shape index (κ2) is 9.13. The number of rotatable bonds is 6. The summed E-state index contributed by atoms with van der Waals surface area (Å²) in [5.74, 6) is 0.813. The summed E-state index contributed by atoms with van der Waals surface area (Å²) >= 11 is 0. The number of halogens is 1. The van der Waals surface area contributed by atoms with Gasteiger partial charge in [-0.05, 0) is 29.8 Å². The van der Waals surface area contributed by atoms with Gasteiger partial charge < -0.3 is 14.2 Å². The Labute approximate surface area is 176 Å². The van der Waals surface area contributed by atoms with Crippen molar-refractivity contribution in [2.75, 3.05) is 38.1 Å². The molecule has 1 aromatic heterocycles. The van der Waals surface area contributed by atoms with E-state index in [1.807, 2.05) is 48.5 Å². The number of carbonyl (C=O) groups is 1. The second-order valence-electron chi connectivity index (χ2n) is 7.63. The topological polar surface area (TPSA) is 39.9 Å². The number of furan rings is 1. The number of para-hydroxylation sites is 1. The first-order chi connectivity index (χ1) is 14.6. The van der Waals surface area contributed by atoms with Crippen molar-refractivity contribution in [1.29, 1.82) is 0 Å². The molecule has 4 rings (SSSR count). The molecule has 2 aromatic carbocycles. The van der Waals surface area contributed by atoms with Crippen molar-refractivity contribution in [3.8, 4) is 0 Å². The molecule has 1 aliphatic rings. The summed E-state index contributed by atoms with van der Waals surface area (Å²) in [5.41, 5.74) is 1.73. The summed E-state index contributed by atoms with van der Waals surface area (Å²) in [6, 6.07) is 20.4. The molecule has 5 nitrogen and oxygen atoms in total. The molecule has 1 saturated heterocycles. The molecule has 1 fully saturated rings. The van der Waals surface area contributed by atoms with E-state index in [1.165, 1.54) is 6.07 Å². The lowest BCUT2D eigenvalue weighted by Gasteiger charge is -2.35. The van der Waals surface area contributed by atoms with Gasteiger partial charge in [0.1, 0.15) is 11.6 Å². The summed E-state index contributed by atoms with van der Waals surface area (Å²) in [5, 5.41) is 0. The molecule has 0 bridgehead atoms. The van der Waals surface area contributed by atoms with E-state index in [4.69, 9.17) is 4.42 Å². The number of piperazine rings is 1. The molecular weight excluding hydrogens is 381 g/mol. The highest BCUT2D eigenvalue weighted by Gasteiger charge is 2.21. The van der Waals surface area contributed by atoms with Gasteiger partial charge in [-0.2, -0.15) is 0 Å². The molecule has 0 saturated carbocycles. The van der Waals surface area contributed by atoms with Crippen LogP contribution in [0.5, 0.6) is 0 Å². The number of anilines is 1. The fraction of sp³-hybridized carbons (Fsp3) is 0.292. The van der Waals surface area contributed by atoms with Crippen molar-refractivity contribution in [3.63, 3.8) is 0 Å². The number of nitrogens with zero attached hydrogens (tertiary/aromatic N) is 3. The molecule has 0 aliphatic carbocycles. The fourth-order valence-corrected chi connectivity index (χ4v) is 3.77. The summed E-state index contributed by atoms with van der Waals surface area (Å²) in [7, 11) is 1.78. The summed E-state index contributed by atoms with van der Waals surface area (Å²) < 4.78 is 19.8. The molecule has 3 aromatic rings. The zero-order valence-corrected chi connectivity index (χ0v) is 17.1. The number of amides is 1. The largest absolute Gasteiger partial charge is 0.455 e. The average Bonchev–Trinajstić information content (AvgIpc) is 3.23. The van der Waals surface area contributed by atoms with Crippen LogP contribution in [0.25, 0.3) is 0 Å². The van der Waals surface area contributed by atoms with Crippen molar-refractivity contribution in [3.05, 3.63) is 89.6 Å². The molecule has 0 N–H and O–H groups in total. The maximum absolute atomic E-state index is 14.0. The van der Waals surface area contributed by atoms with Crippen molar-refractivity contribution >= 4 is 11.6 Å². The van der Waals surface area contributed by atoms with E-state index in [2.05, 4.69) is 9.80 Å². The third-order valence-electron chi connectivity index (χ3n) is 5.43. The number of benzene rings is 2. The Balaban J connectivity index is 1.30. The lowest BCUT2D eigenvalue weighted by Crippen LogP contribution is -2.46. The standard InChI is InChI=1S/C24H26FN3O2/c1-26(17-19-7-3-2-4-8-19)24(29)23-12-11-20(30-23)18-27-13-15-28(16-14-27)22-10-6-5-9-21(22)25/h2-12H,13-18H2,1H3. The summed E-state index contributed by atoms with van der Waals surface area (Å²) in [4.78, 5) is 18.7. The third-order valence-corrected chi connectivity index (χ3v) is 5.43. The van der Waals surface area contributed by atoms with Gasteiger partial charge >= 0.3 is 0 Å². The zero-order chi connectivity index (χ0) is 20.9. The van der Waals surface area contributed by atoms with Crippen LogP contribution in [0.2, 0.25) is 0 Å². The molecular formula is C24H26FN3O2. The van der Waals surface area contributed by atoms with Gasteiger partial charge in [-0.3, -0.25) is 9.69 Å². The molecule has 0 atom stereocenters. The maximum Gasteiger partial charge on any atom is 0.289 e. The predicted molar refractivity (Wildman–Crippen MR) is 115 cm³/mol. The highest BCUT2D eigenvalue weighted by atomic mass is 19.1. The van der Waals surface area contributed by atoms with E-state index in [0.717, 1.165) is 37.5 Å². The summed E-state index contributed by atoms with van der Waals surface area (Å²) in [6.45, 7) is 4.31. The molecule has 0 spiro atoms. The Morgan fingerprint density at radius 3 is 2.40 bits per heavy atom. The molecule has 0 unspecified atom stereocenters. The monoisotopic (exact) mass is 407 g/mol. The van der Waals surface area contributed by atoms with Gasteiger partial charge in [0.05, 0.1) is 12.2 Å². The Morgan fingerprint density at radius 2 is 1.67 bits per heavy atom. The minimum Gasteiger partial charge on any atom is -0.455 e. The van der Waals surface area contributed by atoms with E-state index in [1.54, 1.807) is 24.1 Å². The number of carbonyl (C=O) groups excluding carboxylic acids is 1. The predicted octanol–water partition coefficient (Wildman–Crippen LogP) is 4.01. The van der Waals surface area contributed by atoms with Gasteiger partial charge in [0.25, 0.3) is 5.91 Å². The Hall–Kier alpha value is -3.12. The minimum atomic E-state index is -0.181. The molecule has 6 heteroatoms. The van der Waals surface area contributed by atoms with Crippen LogP contribution >= 0.6 is 0 Å². The van der Waals surface area contributed by atoms with Crippen molar-refractivity contribution in [1.82, 2.24) is 9.80 Å². The Morgan fingerprint density at radius 1 is 0.967 bits per heavy atom. The van der Waals surface area contributed by atoms with Crippen LogP contribution < -0.4 is 4.90 Å². The highest BCUT2D eigenvalue weighted by molar-refractivity contribution is 5.91. The van der Waals surface area contributed by atoms with E-state index in [-0.39, 0.29) is 11.7 Å². The van der Waals surface area contributed by atoms with Crippen molar-refractivity contribution in [2.24, 2.45) is 0 Å². The first kappa shape index (κ1) is 20.2. The maximum atomic E-state index is 14.0. The smallest absolute Gasteiger partial charge is 0.289 e. The molecule has 2 heterocycles. The first-order valence-electron chi connectivity index (χ1n) is 10.2.